The van der Waals surface area contributed by atoms with Crippen LogP contribution in [0.2, 0.25) is 0 Å². The Morgan fingerprint density at radius 2 is 1.55 bits per heavy atom. The average Bonchev–Trinajstić information content (AvgIpc) is 2.56. The molecule has 0 radical (unpaired) electrons. The minimum atomic E-state index is 0.524. The van der Waals surface area contributed by atoms with Gasteiger partial charge in [0.25, 0.3) is 0 Å². The highest BCUT2D eigenvalue weighted by atomic mass is 15.1. The molecule has 1 atom stereocenters. The van der Waals surface area contributed by atoms with E-state index in [0.717, 1.165) is 6.42 Å². The van der Waals surface area contributed by atoms with Crippen molar-refractivity contribution < 1.29 is 0 Å². The van der Waals surface area contributed by atoms with Crippen molar-refractivity contribution in [2.45, 2.75) is 12.3 Å². The van der Waals surface area contributed by atoms with Gasteiger partial charge in [0, 0.05) is 24.3 Å². The molecule has 1 heteroatoms. The Bertz CT molecular complexity index is 608. The lowest BCUT2D eigenvalue weighted by Gasteiger charge is -2.21. The number of benzene rings is 2. The van der Waals surface area contributed by atoms with E-state index in [1.807, 2.05) is 6.07 Å². The van der Waals surface area contributed by atoms with Crippen molar-refractivity contribution in [3.8, 4) is 0 Å². The molecule has 1 nitrogen and oxygen atoms in total. The molecule has 0 N–H and O–H groups in total. The standard InChI is InChI=1S/C19H19N/c1-20(18-10-6-3-7-11-18)19-14-12-17(13-15-19)16-8-4-2-5-9-16/h2-8,10-16H,9H2,1H3. The molecule has 0 aromatic heterocycles. The summed E-state index contributed by atoms with van der Waals surface area (Å²) >= 11 is 0. The van der Waals surface area contributed by atoms with Crippen molar-refractivity contribution in [2.24, 2.45) is 0 Å². The van der Waals surface area contributed by atoms with Gasteiger partial charge in [-0.2, -0.15) is 0 Å². The van der Waals surface area contributed by atoms with E-state index in [-0.39, 0.29) is 0 Å². The van der Waals surface area contributed by atoms with Gasteiger partial charge >= 0.3 is 0 Å². The minimum Gasteiger partial charge on any atom is -0.345 e. The highest BCUT2D eigenvalue weighted by molar-refractivity contribution is 5.62. The summed E-state index contributed by atoms with van der Waals surface area (Å²) in [5, 5.41) is 0. The second kappa shape index (κ2) is 5.79. The lowest BCUT2D eigenvalue weighted by atomic mass is 9.92. The van der Waals surface area contributed by atoms with Gasteiger partial charge in [-0.3, -0.25) is 0 Å². The molecular formula is C19H19N. The summed E-state index contributed by atoms with van der Waals surface area (Å²) in [6.07, 6.45) is 9.86. The molecule has 20 heavy (non-hydrogen) atoms. The van der Waals surface area contributed by atoms with E-state index < -0.39 is 0 Å². The fourth-order valence-corrected chi connectivity index (χ4v) is 2.57. The second-order valence-corrected chi connectivity index (χ2v) is 5.14. The third kappa shape index (κ3) is 2.67. The summed E-state index contributed by atoms with van der Waals surface area (Å²) in [7, 11) is 2.10. The highest BCUT2D eigenvalue weighted by Crippen LogP contribution is 2.28. The Kier molecular flexibility index (Phi) is 3.69. The van der Waals surface area contributed by atoms with Gasteiger partial charge in [0.15, 0.2) is 0 Å². The van der Waals surface area contributed by atoms with Crippen molar-refractivity contribution in [1.82, 2.24) is 0 Å². The maximum absolute atomic E-state index is 2.27. The molecule has 2 aromatic rings. The second-order valence-electron chi connectivity index (χ2n) is 5.14. The first-order valence-electron chi connectivity index (χ1n) is 7.06. The molecular weight excluding hydrogens is 242 g/mol. The van der Waals surface area contributed by atoms with Gasteiger partial charge in [-0.05, 0) is 36.2 Å². The van der Waals surface area contributed by atoms with Crippen LogP contribution in [0.15, 0.2) is 78.9 Å². The summed E-state index contributed by atoms with van der Waals surface area (Å²) in [5.41, 5.74) is 3.81. The van der Waals surface area contributed by atoms with Crippen LogP contribution in [0.5, 0.6) is 0 Å². The van der Waals surface area contributed by atoms with Crippen LogP contribution < -0.4 is 4.90 Å². The number of para-hydroxylation sites is 1. The average molecular weight is 261 g/mol. The zero-order valence-electron chi connectivity index (χ0n) is 11.7. The van der Waals surface area contributed by atoms with E-state index in [1.54, 1.807) is 0 Å². The van der Waals surface area contributed by atoms with E-state index in [1.165, 1.54) is 16.9 Å². The summed E-state index contributed by atoms with van der Waals surface area (Å²) in [6, 6.07) is 19.3. The number of allylic oxidation sites excluding steroid dienone is 4. The lowest BCUT2D eigenvalue weighted by molar-refractivity contribution is 0.853. The van der Waals surface area contributed by atoms with Crippen molar-refractivity contribution in [3.63, 3.8) is 0 Å². The van der Waals surface area contributed by atoms with Crippen LogP contribution >= 0.6 is 0 Å². The van der Waals surface area contributed by atoms with E-state index in [2.05, 4.69) is 84.8 Å². The van der Waals surface area contributed by atoms with Crippen LogP contribution in [0.1, 0.15) is 17.9 Å². The number of rotatable bonds is 3. The summed E-state index contributed by atoms with van der Waals surface area (Å²) in [6.45, 7) is 0. The summed E-state index contributed by atoms with van der Waals surface area (Å²) < 4.78 is 0. The first kappa shape index (κ1) is 12.7. The Hall–Kier alpha value is -2.28. The van der Waals surface area contributed by atoms with Crippen LogP contribution in [0, 0.1) is 0 Å². The minimum absolute atomic E-state index is 0.524. The van der Waals surface area contributed by atoms with Crippen LogP contribution in [0.25, 0.3) is 0 Å². The molecule has 0 heterocycles. The van der Waals surface area contributed by atoms with Gasteiger partial charge in [0.05, 0.1) is 0 Å². The largest absolute Gasteiger partial charge is 0.345 e. The Morgan fingerprint density at radius 3 is 2.20 bits per heavy atom. The molecule has 0 saturated heterocycles. The molecule has 100 valence electrons. The van der Waals surface area contributed by atoms with E-state index in [9.17, 15) is 0 Å². The normalized spacial score (nSPS) is 17.1. The Labute approximate surface area is 120 Å². The van der Waals surface area contributed by atoms with Gasteiger partial charge in [-0.25, -0.2) is 0 Å². The van der Waals surface area contributed by atoms with Crippen molar-refractivity contribution >= 4 is 11.4 Å². The molecule has 0 fully saturated rings. The molecule has 2 aromatic carbocycles. The number of hydrogen-bond donors (Lipinski definition) is 0. The zero-order chi connectivity index (χ0) is 13.8. The quantitative estimate of drug-likeness (QED) is 0.747. The molecule has 1 aliphatic rings. The topological polar surface area (TPSA) is 3.24 Å². The van der Waals surface area contributed by atoms with Crippen LogP contribution in [-0.2, 0) is 0 Å². The number of anilines is 2. The molecule has 3 rings (SSSR count). The van der Waals surface area contributed by atoms with Crippen LogP contribution in [0.3, 0.4) is 0 Å². The number of hydrogen-bond acceptors (Lipinski definition) is 1. The van der Waals surface area contributed by atoms with Crippen LogP contribution in [-0.4, -0.2) is 7.05 Å². The van der Waals surface area contributed by atoms with E-state index in [0.29, 0.717) is 5.92 Å². The lowest BCUT2D eigenvalue weighted by Crippen LogP contribution is -2.09. The van der Waals surface area contributed by atoms with Crippen LogP contribution in [0.4, 0.5) is 11.4 Å². The molecule has 0 bridgehead atoms. The first-order chi connectivity index (χ1) is 9.84. The molecule has 0 saturated carbocycles. The fourth-order valence-electron chi connectivity index (χ4n) is 2.57. The molecule has 0 aliphatic heterocycles. The molecule has 1 unspecified atom stereocenters. The van der Waals surface area contributed by atoms with Crippen molar-refractivity contribution in [1.29, 1.82) is 0 Å². The Balaban J connectivity index is 1.79. The molecule has 0 spiro atoms. The number of nitrogens with zero attached hydrogens (tertiary/aromatic N) is 1. The van der Waals surface area contributed by atoms with Gasteiger partial charge in [-0.15, -0.1) is 0 Å². The molecule has 1 aliphatic carbocycles. The predicted molar refractivity (Wildman–Crippen MR) is 86.6 cm³/mol. The van der Waals surface area contributed by atoms with E-state index in [4.69, 9.17) is 0 Å². The summed E-state index contributed by atoms with van der Waals surface area (Å²) in [4.78, 5) is 2.21. The predicted octanol–water partition coefficient (Wildman–Crippen LogP) is 5.05. The SMILES string of the molecule is CN(c1ccccc1)c1ccc(C2C=CC=CC2)cc1. The van der Waals surface area contributed by atoms with Gasteiger partial charge in [0.2, 0.25) is 0 Å². The third-order valence-corrected chi connectivity index (χ3v) is 3.83. The smallest absolute Gasteiger partial charge is 0.0408 e. The Morgan fingerprint density at radius 1 is 0.850 bits per heavy atom. The zero-order valence-corrected chi connectivity index (χ0v) is 11.7. The van der Waals surface area contributed by atoms with Gasteiger partial charge in [-0.1, -0.05) is 54.6 Å². The first-order valence-corrected chi connectivity index (χ1v) is 7.06. The maximum Gasteiger partial charge on any atom is 0.0408 e. The molecule has 0 amide bonds. The maximum atomic E-state index is 2.27. The monoisotopic (exact) mass is 261 g/mol. The van der Waals surface area contributed by atoms with Crippen molar-refractivity contribution in [3.05, 3.63) is 84.5 Å². The van der Waals surface area contributed by atoms with Gasteiger partial charge < -0.3 is 4.90 Å². The fraction of sp³-hybridized carbons (Fsp3) is 0.158. The highest BCUT2D eigenvalue weighted by Gasteiger charge is 2.09. The summed E-state index contributed by atoms with van der Waals surface area (Å²) in [5.74, 6) is 0.524. The van der Waals surface area contributed by atoms with E-state index >= 15 is 0 Å². The van der Waals surface area contributed by atoms with Crippen molar-refractivity contribution in [2.75, 3.05) is 11.9 Å². The third-order valence-electron chi connectivity index (χ3n) is 3.83. The van der Waals surface area contributed by atoms with Gasteiger partial charge in [0.1, 0.15) is 0 Å².